The molecule has 2 aromatic rings. The van der Waals surface area contributed by atoms with Crippen LogP contribution in [0.15, 0.2) is 28.9 Å². The van der Waals surface area contributed by atoms with Crippen LogP contribution in [0.1, 0.15) is 16.1 Å². The van der Waals surface area contributed by atoms with Crippen LogP contribution in [-0.4, -0.2) is 15.7 Å². The molecule has 1 heterocycles. The van der Waals surface area contributed by atoms with E-state index < -0.39 is 17.6 Å². The highest BCUT2D eigenvalue weighted by Gasteiger charge is 2.34. The number of aromatic nitrogens is 2. The predicted octanol–water partition coefficient (Wildman–Crippen LogP) is 3.04. The molecule has 21 heavy (non-hydrogen) atoms. The molecule has 0 fully saturated rings. The zero-order chi connectivity index (χ0) is 15.8. The van der Waals surface area contributed by atoms with Gasteiger partial charge in [-0.2, -0.15) is 18.3 Å². The van der Waals surface area contributed by atoms with E-state index >= 15 is 0 Å². The number of amides is 1. The number of carbonyl (C=O) groups excluding carboxylic acids is 1. The molecule has 3 N–H and O–H groups in total. The first-order chi connectivity index (χ1) is 9.70. The summed E-state index contributed by atoms with van der Waals surface area (Å²) in [5, 5.41) is 5.97. The van der Waals surface area contributed by atoms with Crippen LogP contribution >= 0.6 is 15.9 Å². The number of nitrogens with two attached hydrogens (primary N) is 1. The highest BCUT2D eigenvalue weighted by Crippen LogP contribution is 2.36. The molecule has 1 aromatic carbocycles. The summed E-state index contributed by atoms with van der Waals surface area (Å²) in [5.41, 5.74) is 4.34. The van der Waals surface area contributed by atoms with E-state index in [0.717, 1.165) is 12.1 Å². The van der Waals surface area contributed by atoms with Crippen molar-refractivity contribution in [3.05, 3.63) is 40.1 Å². The van der Waals surface area contributed by atoms with Crippen molar-refractivity contribution in [2.24, 2.45) is 7.05 Å². The van der Waals surface area contributed by atoms with Gasteiger partial charge in [-0.1, -0.05) is 15.9 Å². The number of halogens is 4. The average Bonchev–Trinajstić information content (AvgIpc) is 2.70. The minimum absolute atomic E-state index is 0.00829. The van der Waals surface area contributed by atoms with Gasteiger partial charge < -0.3 is 11.1 Å². The molecule has 0 aliphatic carbocycles. The molecule has 0 aliphatic rings. The molecule has 0 spiro atoms. The quantitative estimate of drug-likeness (QED) is 0.862. The zero-order valence-electron chi connectivity index (χ0n) is 10.7. The number of benzene rings is 1. The molecule has 0 radical (unpaired) electrons. The molecule has 0 unspecified atom stereocenters. The van der Waals surface area contributed by atoms with E-state index in [2.05, 4.69) is 26.3 Å². The third-order valence-electron chi connectivity index (χ3n) is 2.72. The van der Waals surface area contributed by atoms with E-state index in [9.17, 15) is 18.0 Å². The van der Waals surface area contributed by atoms with Crippen LogP contribution < -0.4 is 11.1 Å². The van der Waals surface area contributed by atoms with Crippen molar-refractivity contribution >= 4 is 33.2 Å². The number of rotatable bonds is 2. The number of anilines is 2. The summed E-state index contributed by atoms with van der Waals surface area (Å²) < 4.78 is 40.3. The highest BCUT2D eigenvalue weighted by molar-refractivity contribution is 9.10. The number of carbonyl (C=O) groups is 1. The summed E-state index contributed by atoms with van der Waals surface area (Å²) >= 11 is 2.97. The van der Waals surface area contributed by atoms with E-state index in [1.165, 1.54) is 24.0 Å². The fourth-order valence-electron chi connectivity index (χ4n) is 1.77. The molecule has 0 aliphatic heterocycles. The molecule has 9 heteroatoms. The summed E-state index contributed by atoms with van der Waals surface area (Å²) in [6.45, 7) is 0. The molecule has 5 nitrogen and oxygen atoms in total. The van der Waals surface area contributed by atoms with Crippen molar-refractivity contribution in [1.82, 2.24) is 9.78 Å². The summed E-state index contributed by atoms with van der Waals surface area (Å²) in [4.78, 5) is 12.0. The van der Waals surface area contributed by atoms with Crippen LogP contribution in [0.25, 0.3) is 0 Å². The normalized spacial score (nSPS) is 11.5. The van der Waals surface area contributed by atoms with Gasteiger partial charge in [-0.05, 0) is 18.2 Å². The summed E-state index contributed by atoms with van der Waals surface area (Å²) in [5.74, 6) is -0.764. The Kier molecular flexibility index (Phi) is 3.95. The summed E-state index contributed by atoms with van der Waals surface area (Å²) in [6, 6.07) is 3.46. The van der Waals surface area contributed by atoms with Gasteiger partial charge in [0.05, 0.1) is 23.1 Å². The van der Waals surface area contributed by atoms with Crippen molar-refractivity contribution in [3.8, 4) is 0 Å². The lowest BCUT2D eigenvalue weighted by atomic mass is 10.1. The van der Waals surface area contributed by atoms with E-state index in [1.54, 1.807) is 0 Å². The number of alkyl halides is 3. The van der Waals surface area contributed by atoms with Gasteiger partial charge in [0, 0.05) is 11.5 Å². The molecular formula is C12H10BrF3N4O. The molecule has 0 bridgehead atoms. The maximum absolute atomic E-state index is 13.0. The third kappa shape index (κ3) is 3.18. The predicted molar refractivity (Wildman–Crippen MR) is 74.7 cm³/mol. The number of nitrogens with zero attached hydrogens (tertiary/aromatic N) is 2. The van der Waals surface area contributed by atoms with Gasteiger partial charge in [0.2, 0.25) is 0 Å². The number of aryl methyl sites for hydroxylation is 1. The Morgan fingerprint density at radius 1 is 1.43 bits per heavy atom. The van der Waals surface area contributed by atoms with Gasteiger partial charge in [-0.25, -0.2) is 0 Å². The van der Waals surface area contributed by atoms with Crippen molar-refractivity contribution in [2.75, 3.05) is 11.1 Å². The van der Waals surface area contributed by atoms with Crippen LogP contribution in [0, 0.1) is 0 Å². The van der Waals surface area contributed by atoms with E-state index in [0.29, 0.717) is 0 Å². The summed E-state index contributed by atoms with van der Waals surface area (Å²) in [7, 11) is 1.47. The molecule has 0 atom stereocenters. The number of hydrogen-bond donors (Lipinski definition) is 2. The number of hydrogen-bond acceptors (Lipinski definition) is 3. The second-order valence-corrected chi connectivity index (χ2v) is 5.13. The Labute approximate surface area is 126 Å². The minimum atomic E-state index is -4.59. The average molecular weight is 363 g/mol. The van der Waals surface area contributed by atoms with Gasteiger partial charge in [-0.15, -0.1) is 0 Å². The Morgan fingerprint density at radius 3 is 2.62 bits per heavy atom. The monoisotopic (exact) mass is 362 g/mol. The highest BCUT2D eigenvalue weighted by atomic mass is 79.9. The second-order valence-electron chi connectivity index (χ2n) is 4.21. The summed E-state index contributed by atoms with van der Waals surface area (Å²) in [6.07, 6.45) is -3.34. The third-order valence-corrected chi connectivity index (χ3v) is 3.21. The Morgan fingerprint density at radius 2 is 2.10 bits per heavy atom. The topological polar surface area (TPSA) is 72.9 Å². The van der Waals surface area contributed by atoms with Crippen LogP contribution in [0.3, 0.4) is 0 Å². The molecule has 1 amide bonds. The lowest BCUT2D eigenvalue weighted by Crippen LogP contribution is -2.20. The smallest absolute Gasteiger partial charge is 0.396 e. The van der Waals surface area contributed by atoms with Crippen molar-refractivity contribution in [1.29, 1.82) is 0 Å². The van der Waals surface area contributed by atoms with Gasteiger partial charge in [0.25, 0.3) is 5.91 Å². The fourth-order valence-corrected chi connectivity index (χ4v) is 2.14. The number of nitrogens with one attached hydrogen (secondary N) is 1. The van der Waals surface area contributed by atoms with Gasteiger partial charge >= 0.3 is 6.18 Å². The first-order valence-electron chi connectivity index (χ1n) is 5.65. The zero-order valence-corrected chi connectivity index (χ0v) is 12.3. The lowest BCUT2D eigenvalue weighted by Gasteiger charge is -2.14. The fraction of sp³-hybridized carbons (Fsp3) is 0.167. The van der Waals surface area contributed by atoms with Gasteiger partial charge in [0.1, 0.15) is 5.69 Å². The Bertz CT molecular complexity index is 677. The SMILES string of the molecule is Cn1ncc(N)c1C(=O)Nc1ccc(Br)cc1C(F)(F)F. The molecule has 2 rings (SSSR count). The Hall–Kier alpha value is -2.03. The van der Waals surface area contributed by atoms with Crippen molar-refractivity contribution in [2.45, 2.75) is 6.18 Å². The molecule has 0 saturated heterocycles. The Balaban J connectivity index is 2.39. The lowest BCUT2D eigenvalue weighted by molar-refractivity contribution is -0.136. The van der Waals surface area contributed by atoms with Crippen LogP contribution in [-0.2, 0) is 13.2 Å². The van der Waals surface area contributed by atoms with E-state index in [1.807, 2.05) is 0 Å². The molecule has 112 valence electrons. The van der Waals surface area contributed by atoms with E-state index in [4.69, 9.17) is 5.73 Å². The number of nitrogen functional groups attached to an aromatic ring is 1. The molecular weight excluding hydrogens is 353 g/mol. The van der Waals surface area contributed by atoms with Crippen molar-refractivity contribution < 1.29 is 18.0 Å². The first-order valence-corrected chi connectivity index (χ1v) is 6.45. The maximum atomic E-state index is 13.0. The van der Waals surface area contributed by atoms with Crippen molar-refractivity contribution in [3.63, 3.8) is 0 Å². The van der Waals surface area contributed by atoms with Gasteiger partial charge in [0.15, 0.2) is 0 Å². The van der Waals surface area contributed by atoms with E-state index in [-0.39, 0.29) is 21.5 Å². The molecule has 1 aromatic heterocycles. The largest absolute Gasteiger partial charge is 0.418 e. The maximum Gasteiger partial charge on any atom is 0.418 e. The van der Waals surface area contributed by atoms with Crippen LogP contribution in [0.2, 0.25) is 0 Å². The van der Waals surface area contributed by atoms with Crippen LogP contribution in [0.4, 0.5) is 24.5 Å². The van der Waals surface area contributed by atoms with Crippen LogP contribution in [0.5, 0.6) is 0 Å². The standard InChI is InChI=1S/C12H10BrF3N4O/c1-20-10(8(17)5-18-20)11(21)19-9-3-2-6(13)4-7(9)12(14,15)16/h2-5H,17H2,1H3,(H,19,21). The second kappa shape index (κ2) is 5.40. The first kappa shape index (κ1) is 15.4. The van der Waals surface area contributed by atoms with Gasteiger partial charge in [-0.3, -0.25) is 9.48 Å². The minimum Gasteiger partial charge on any atom is -0.396 e. The molecule has 0 saturated carbocycles.